The lowest BCUT2D eigenvalue weighted by Crippen LogP contribution is -2.34. The van der Waals surface area contributed by atoms with Crippen LogP contribution in [-0.4, -0.2) is 60.6 Å². The quantitative estimate of drug-likeness (QED) is 0.0617. The zero-order valence-electron chi connectivity index (χ0n) is 41.4. The molecular weight excluding hydrogens is 995 g/mol. The van der Waals surface area contributed by atoms with Crippen molar-refractivity contribution in [2.24, 2.45) is 11.8 Å². The van der Waals surface area contributed by atoms with Gasteiger partial charge in [-0.2, -0.15) is 16.8 Å². The number of rotatable bonds is 18. The summed E-state index contributed by atoms with van der Waals surface area (Å²) < 4.78 is 92.2. The van der Waals surface area contributed by atoms with Crippen molar-refractivity contribution in [3.05, 3.63) is 182 Å². The number of halogens is 2. The average Bonchev–Trinajstić information content (AvgIpc) is 3.65. The first-order chi connectivity index (χ1) is 35.4. The lowest BCUT2D eigenvalue weighted by atomic mass is 10.0. The van der Waals surface area contributed by atoms with Crippen LogP contribution < -0.4 is 30.1 Å². The van der Waals surface area contributed by atoms with Crippen molar-refractivity contribution >= 4 is 37.5 Å². The van der Waals surface area contributed by atoms with Crippen molar-refractivity contribution in [2.75, 3.05) is 13.1 Å². The van der Waals surface area contributed by atoms with Crippen LogP contribution in [0.25, 0.3) is 5.70 Å². The summed E-state index contributed by atoms with van der Waals surface area (Å²) >= 11 is 0. The topological polar surface area (TPSA) is 215 Å². The molecule has 20 heteroatoms. The maximum atomic E-state index is 13.7. The molecule has 0 fully saturated rings. The van der Waals surface area contributed by atoms with Crippen molar-refractivity contribution in [3.8, 4) is 11.5 Å². The van der Waals surface area contributed by atoms with Gasteiger partial charge in [-0.1, -0.05) is 87.5 Å². The molecule has 2 N–H and O–H groups in total. The second-order valence-electron chi connectivity index (χ2n) is 18.2. The van der Waals surface area contributed by atoms with E-state index in [1.165, 1.54) is 81.9 Å². The fourth-order valence-electron chi connectivity index (χ4n) is 8.54. The molecule has 3 atom stereocenters. The number of ketones is 2. The van der Waals surface area contributed by atoms with Crippen LogP contribution in [0.15, 0.2) is 135 Å². The highest BCUT2D eigenvalue weighted by Gasteiger charge is 2.33. The van der Waals surface area contributed by atoms with E-state index in [-0.39, 0.29) is 82.9 Å². The number of fused-ring (bicyclic) bond motifs is 2. The molecule has 0 bridgehead atoms. The van der Waals surface area contributed by atoms with E-state index in [0.717, 1.165) is 12.0 Å². The molecule has 2 aliphatic heterocycles. The van der Waals surface area contributed by atoms with Crippen LogP contribution in [0, 0.1) is 23.5 Å². The van der Waals surface area contributed by atoms with E-state index in [4.69, 9.17) is 8.37 Å². The zero-order valence-corrected chi connectivity index (χ0v) is 43.1. The molecule has 0 amide bonds. The second-order valence-corrected chi connectivity index (χ2v) is 21.3. The molecule has 0 aliphatic carbocycles. The fraction of sp³-hybridized carbons (Fsp3) is 0.333. The number of nitrogens with one attached hydrogen (secondary N) is 2. The van der Waals surface area contributed by atoms with E-state index in [1.807, 2.05) is 33.8 Å². The maximum Gasteiger partial charge on any atom is 0.339 e. The second kappa shape index (κ2) is 24.2. The monoisotopic (exact) mass is 1050 g/mol. The lowest BCUT2D eigenvalue weighted by Gasteiger charge is -2.20. The minimum atomic E-state index is -4.41. The van der Waals surface area contributed by atoms with Crippen molar-refractivity contribution < 1.29 is 43.6 Å². The van der Waals surface area contributed by atoms with E-state index in [0.29, 0.717) is 49.6 Å². The predicted molar refractivity (Wildman–Crippen MR) is 274 cm³/mol. The van der Waals surface area contributed by atoms with Crippen LogP contribution >= 0.6 is 0 Å². The molecule has 2 aliphatic rings. The average molecular weight is 1050 g/mol. The van der Waals surface area contributed by atoms with Crippen molar-refractivity contribution in [3.63, 3.8) is 0 Å². The van der Waals surface area contributed by atoms with Gasteiger partial charge in [-0.25, -0.2) is 18.7 Å². The van der Waals surface area contributed by atoms with Gasteiger partial charge in [0.1, 0.15) is 27.2 Å². The number of allylic oxidation sites excluding steroid dienone is 1. The molecule has 390 valence electrons. The molecule has 74 heavy (non-hydrogen) atoms. The minimum Gasteiger partial charge on any atom is -0.383 e. The number of hydrogen-bond acceptors (Lipinski definition) is 14. The first kappa shape index (κ1) is 54.6. The number of hydrogen-bond donors (Lipinski definition) is 2. The van der Waals surface area contributed by atoms with E-state index in [9.17, 15) is 44.8 Å². The summed E-state index contributed by atoms with van der Waals surface area (Å²) in [7, 11) is -8.81. The van der Waals surface area contributed by atoms with E-state index >= 15 is 0 Å². The molecule has 0 saturated carbocycles. The highest BCUT2D eigenvalue weighted by molar-refractivity contribution is 7.87. The molecule has 0 radical (unpaired) electrons. The van der Waals surface area contributed by atoms with Gasteiger partial charge in [-0.15, -0.1) is 0 Å². The number of nitrogens with zero attached hydrogens (tertiary/aromatic N) is 4. The summed E-state index contributed by atoms with van der Waals surface area (Å²) in [5, 5.41) is 6.51. The van der Waals surface area contributed by atoms with Crippen molar-refractivity contribution in [2.45, 2.75) is 102 Å². The summed E-state index contributed by atoms with van der Waals surface area (Å²) in [4.78, 5) is 63.0. The predicted octanol–water partition coefficient (Wildman–Crippen LogP) is 8.00. The summed E-state index contributed by atoms with van der Waals surface area (Å²) in [6, 6.07) is 26.0. The maximum absolute atomic E-state index is 13.7. The van der Waals surface area contributed by atoms with Crippen LogP contribution in [0.2, 0.25) is 0 Å². The molecule has 2 aromatic heterocycles. The molecular formula is C54H58F2N6O10S2. The van der Waals surface area contributed by atoms with E-state index in [2.05, 4.69) is 20.6 Å². The third-order valence-corrected chi connectivity index (χ3v) is 14.9. The number of carbonyl (C=O) groups is 2. The van der Waals surface area contributed by atoms with Gasteiger partial charge in [-0.3, -0.25) is 28.3 Å². The van der Waals surface area contributed by atoms with Crippen molar-refractivity contribution in [1.82, 2.24) is 29.7 Å². The Kier molecular flexibility index (Phi) is 17.9. The Morgan fingerprint density at radius 2 is 1.11 bits per heavy atom. The van der Waals surface area contributed by atoms with Gasteiger partial charge in [-0.05, 0) is 117 Å². The van der Waals surface area contributed by atoms with Crippen LogP contribution in [0.5, 0.6) is 11.5 Å². The van der Waals surface area contributed by atoms with E-state index in [1.54, 1.807) is 36.4 Å². The summed E-state index contributed by atoms with van der Waals surface area (Å²) in [6.45, 7) is 9.60. The minimum absolute atomic E-state index is 0.0630. The Bertz CT molecular complexity index is 3350. The first-order valence-electron chi connectivity index (χ1n) is 24.4. The molecule has 6 aromatic rings. The Balaban J connectivity index is 0.000000216. The third-order valence-electron chi connectivity index (χ3n) is 12.4. The number of Topliss-reactive ketones (excluding diaryl/α,β-unsaturated/α-hetero) is 2. The number of carbonyl (C=O) groups excluding carboxylic acids is 2. The zero-order chi connectivity index (χ0) is 53.2. The number of aromatic nitrogens is 4. The van der Waals surface area contributed by atoms with Gasteiger partial charge in [0.2, 0.25) is 11.5 Å². The SMILES string of the molecule is CCNC1=CC[C@H](C)Cn2c1nc(C(=O)CCc1ccc(F)cc1)c(OS(=O)(=O)c1ccccc1)c2=O.CCN[C@@H]1CC[C@H](C)Cn2c1nc(C(=O)CCc1ccc(F)cc1)c(OS(=O)(=O)c1ccccc1)c2=O. The van der Waals surface area contributed by atoms with Gasteiger partial charge in [0.05, 0.1) is 11.7 Å². The molecule has 16 nitrogen and oxygen atoms in total. The highest BCUT2D eigenvalue weighted by atomic mass is 32.2. The van der Waals surface area contributed by atoms with Gasteiger partial charge in [0.25, 0.3) is 11.1 Å². The van der Waals surface area contributed by atoms with Gasteiger partial charge < -0.3 is 19.0 Å². The summed E-state index contributed by atoms with van der Waals surface area (Å²) in [6.07, 6.45) is 4.49. The standard InChI is InChI=1S/C27H30FN3O5S.C27H28FN3O5S/c2*1-3-29-22-15-9-18(2)17-31-26(22)30-24(23(32)16-12-19-10-13-20(28)14-11-19)25(27(31)33)36-37(34,35)21-7-5-4-6-8-21/h4-8,10-11,13-14,18,22,29H,3,9,12,15-17H2,1-2H3;4-8,10-11,13-15,18,29H,3,9,12,16-17H2,1-2H3/t18-,22+;18-/m00/s1. The third kappa shape index (κ3) is 13.3. The van der Waals surface area contributed by atoms with Crippen LogP contribution in [0.3, 0.4) is 0 Å². The van der Waals surface area contributed by atoms with Gasteiger partial charge in [0, 0.05) is 32.5 Å². The smallest absolute Gasteiger partial charge is 0.339 e. The Morgan fingerprint density at radius 1 is 0.635 bits per heavy atom. The van der Waals surface area contributed by atoms with Crippen LogP contribution in [-0.2, 0) is 46.2 Å². The summed E-state index contributed by atoms with van der Waals surface area (Å²) in [5.41, 5.74) is -0.0818. The molecule has 0 unspecified atom stereocenters. The lowest BCUT2D eigenvalue weighted by molar-refractivity contribution is 0.0967. The van der Waals surface area contributed by atoms with E-state index < -0.39 is 60.2 Å². The molecule has 4 aromatic carbocycles. The molecule has 0 spiro atoms. The summed E-state index contributed by atoms with van der Waals surface area (Å²) in [5.74, 6) is -2.24. The van der Waals surface area contributed by atoms with Crippen LogP contribution in [0.4, 0.5) is 8.78 Å². The molecule has 0 saturated heterocycles. The molecule has 4 heterocycles. The number of aryl methyl sites for hydroxylation is 2. The van der Waals surface area contributed by atoms with Gasteiger partial charge in [0.15, 0.2) is 28.8 Å². The highest BCUT2D eigenvalue weighted by Crippen LogP contribution is 2.30. The first-order valence-corrected chi connectivity index (χ1v) is 27.2. The fourth-order valence-corrected chi connectivity index (χ4v) is 10.5. The Hall–Kier alpha value is -7.16. The number of benzene rings is 4. The Morgan fingerprint density at radius 3 is 1.59 bits per heavy atom. The molecule has 8 rings (SSSR count). The van der Waals surface area contributed by atoms with Gasteiger partial charge >= 0.3 is 20.2 Å². The van der Waals surface area contributed by atoms with Crippen LogP contribution in [0.1, 0.15) is 110 Å². The largest absolute Gasteiger partial charge is 0.383 e. The Labute approximate surface area is 428 Å². The van der Waals surface area contributed by atoms with Crippen molar-refractivity contribution in [1.29, 1.82) is 0 Å². The normalized spacial score (nSPS) is 16.5.